The zero-order valence-electron chi connectivity index (χ0n) is 4.60. The quantitative estimate of drug-likeness (QED) is 0.312. The summed E-state index contributed by atoms with van der Waals surface area (Å²) in [5, 5.41) is 8.05. The number of hydrazine groups is 1. The monoisotopic (exact) mass is 139 g/mol. The van der Waals surface area contributed by atoms with Gasteiger partial charge in [0.05, 0.1) is 5.70 Å². The molecular weight excluding hydrogens is 126 g/mol. The van der Waals surface area contributed by atoms with Crippen LogP contribution in [0.15, 0.2) is 11.9 Å². The van der Waals surface area contributed by atoms with Crippen molar-refractivity contribution in [3.05, 3.63) is 11.9 Å². The molecule has 52 valence electrons. The first-order chi connectivity index (χ1) is 3.31. The first kappa shape index (κ1) is 10.6. The van der Waals surface area contributed by atoms with Crippen molar-refractivity contribution in [2.24, 2.45) is 5.84 Å². The minimum Gasteiger partial charge on any atom is -0.330 e. The van der Waals surface area contributed by atoms with Gasteiger partial charge in [0.15, 0.2) is 0 Å². The van der Waals surface area contributed by atoms with Crippen molar-refractivity contribution in [1.82, 2.24) is 10.9 Å². The zero-order chi connectivity index (χ0) is 5.70. The molecule has 0 aromatic rings. The third-order valence-electron chi connectivity index (χ3n) is 0.476. The highest BCUT2D eigenvalue weighted by atomic mass is 32.1. The van der Waals surface area contributed by atoms with Crippen molar-refractivity contribution in [3.8, 4) is 0 Å². The topological polar surface area (TPSA) is 70.3 Å². The molecule has 0 aliphatic carbocycles. The lowest BCUT2D eigenvalue weighted by Crippen LogP contribution is -2.17. The molecule has 5 heteroatoms. The molecule has 0 spiro atoms. The molecular formula is C3H13N3OS. The number of nitrogens with two attached hydrogens (primary N) is 1. The van der Waals surface area contributed by atoms with Crippen LogP contribution in [0.25, 0.3) is 0 Å². The Labute approximate surface area is 56.6 Å². The van der Waals surface area contributed by atoms with Crippen LogP contribution in [0.4, 0.5) is 0 Å². The summed E-state index contributed by atoms with van der Waals surface area (Å²) in [6.45, 7) is 1.67. The highest BCUT2D eigenvalue weighted by Gasteiger charge is 1.74. The largest absolute Gasteiger partial charge is 0.330 e. The van der Waals surface area contributed by atoms with Crippen molar-refractivity contribution in [1.29, 1.82) is 0 Å². The Kier molecular flexibility index (Phi) is 8.73. The van der Waals surface area contributed by atoms with Crippen molar-refractivity contribution >= 4 is 13.5 Å². The summed E-state index contributed by atoms with van der Waals surface area (Å²) < 4.78 is 0. The van der Waals surface area contributed by atoms with Gasteiger partial charge in [-0.3, -0.25) is 16.5 Å². The Morgan fingerprint density at radius 2 is 2.38 bits per heavy atom. The van der Waals surface area contributed by atoms with E-state index in [2.05, 4.69) is 5.43 Å². The van der Waals surface area contributed by atoms with Crippen LogP contribution in [0.1, 0.15) is 8.35 Å². The molecule has 0 radical (unpaired) electrons. The van der Waals surface area contributed by atoms with Crippen LogP contribution < -0.4 is 16.7 Å². The smallest absolute Gasteiger partial charge is 0.0515 e. The lowest BCUT2D eigenvalue weighted by atomic mass is 10.6. The van der Waals surface area contributed by atoms with Gasteiger partial charge in [0.25, 0.3) is 0 Å². The molecule has 5 N–H and O–H groups in total. The number of hydrogen-bond donors (Lipinski definition) is 4. The van der Waals surface area contributed by atoms with Crippen LogP contribution in [0, 0.1) is 0 Å². The molecule has 8 heavy (non-hydrogen) atoms. The van der Waals surface area contributed by atoms with Gasteiger partial charge in [0, 0.05) is 7.63 Å². The zero-order valence-corrected chi connectivity index (χ0v) is 5.60. The van der Waals surface area contributed by atoms with E-state index in [9.17, 15) is 0 Å². The number of hydroxylamine groups is 1. The molecule has 0 aliphatic rings. The molecule has 0 aromatic carbocycles. The number of hydrogen-bond acceptors (Lipinski definition) is 4. The van der Waals surface area contributed by atoms with Gasteiger partial charge < -0.3 is 5.43 Å². The Morgan fingerprint density at radius 3 is 2.50 bits per heavy atom. The van der Waals surface area contributed by atoms with E-state index in [1.54, 1.807) is 6.92 Å². The van der Waals surface area contributed by atoms with Crippen LogP contribution >= 0.6 is 13.5 Å². The molecule has 0 unspecified atom stereocenters. The summed E-state index contributed by atoms with van der Waals surface area (Å²) in [5.74, 6) is 4.83. The Hall–Kier alpha value is -0.390. The third kappa shape index (κ3) is 5.61. The van der Waals surface area contributed by atoms with E-state index in [4.69, 9.17) is 11.0 Å². The predicted octanol–water partition coefficient (Wildman–Crippen LogP) is -0.351. The molecule has 0 heterocycles. The van der Waals surface area contributed by atoms with Gasteiger partial charge in [-0.1, -0.05) is 0 Å². The summed E-state index contributed by atoms with van der Waals surface area (Å²) in [5.41, 5.74) is 4.69. The fourth-order valence-electron chi connectivity index (χ4n) is 0.157. The highest BCUT2D eigenvalue weighted by Crippen LogP contribution is 1.74. The van der Waals surface area contributed by atoms with Crippen molar-refractivity contribution in [3.63, 3.8) is 0 Å². The Bertz CT molecular complexity index is 79.5. The van der Waals surface area contributed by atoms with Crippen LogP contribution in [0.2, 0.25) is 0 Å². The van der Waals surface area contributed by atoms with Crippen LogP contribution in [0.3, 0.4) is 0 Å². The second-order valence-electron chi connectivity index (χ2n) is 1.11. The van der Waals surface area contributed by atoms with Crippen LogP contribution in [0.5, 0.6) is 0 Å². The van der Waals surface area contributed by atoms with E-state index >= 15 is 0 Å². The first-order valence-corrected chi connectivity index (χ1v) is 1.84. The van der Waals surface area contributed by atoms with Gasteiger partial charge in [-0.05, 0) is 6.92 Å². The fourth-order valence-corrected chi connectivity index (χ4v) is 0.157. The van der Waals surface area contributed by atoms with Crippen LogP contribution in [-0.4, -0.2) is 5.21 Å². The molecule has 0 saturated carbocycles. The maximum absolute atomic E-state index is 8.05. The lowest BCUT2D eigenvalue weighted by Gasteiger charge is -1.93. The fraction of sp³-hybridized carbons (Fsp3) is 0.333. The Balaban J connectivity index is -0.000000180. The minimum absolute atomic E-state index is 0. The molecule has 0 fully saturated rings. The summed E-state index contributed by atoms with van der Waals surface area (Å²) in [6.07, 6.45) is 1.43. The third-order valence-corrected chi connectivity index (χ3v) is 0.476. The molecule has 0 aromatic heterocycles. The average Bonchev–Trinajstić information content (AvgIpc) is 1.68. The normalized spacial score (nSPS) is 9.62. The minimum atomic E-state index is 0. The van der Waals surface area contributed by atoms with E-state index in [1.165, 1.54) is 6.20 Å². The highest BCUT2D eigenvalue weighted by molar-refractivity contribution is 7.59. The van der Waals surface area contributed by atoms with Gasteiger partial charge >= 0.3 is 0 Å². The molecule has 0 saturated heterocycles. The SMILES string of the molecule is C/C(=C/NN)NO.S.[HH]. The van der Waals surface area contributed by atoms with E-state index in [0.717, 1.165) is 0 Å². The van der Waals surface area contributed by atoms with E-state index in [1.807, 2.05) is 5.48 Å². The molecule has 0 bridgehead atoms. The van der Waals surface area contributed by atoms with Crippen LogP contribution in [-0.2, 0) is 0 Å². The number of rotatable bonds is 2. The Morgan fingerprint density at radius 1 is 1.88 bits per heavy atom. The first-order valence-electron chi connectivity index (χ1n) is 1.84. The maximum atomic E-state index is 8.05. The summed E-state index contributed by atoms with van der Waals surface area (Å²) in [4.78, 5) is 0. The summed E-state index contributed by atoms with van der Waals surface area (Å²) >= 11 is 0. The van der Waals surface area contributed by atoms with Gasteiger partial charge in [0.2, 0.25) is 0 Å². The standard InChI is InChI=1S/C3H9N3O.H2S.H2/c1-3(6-7)2-5-4;;/h2,5-7H,4H2,1H3;1H2;1H/b3-2-;;. The molecule has 0 aliphatic heterocycles. The average molecular weight is 139 g/mol. The van der Waals surface area contributed by atoms with Gasteiger partial charge in [0.1, 0.15) is 0 Å². The van der Waals surface area contributed by atoms with Crippen molar-refractivity contribution in [2.75, 3.05) is 0 Å². The molecule has 0 atom stereocenters. The van der Waals surface area contributed by atoms with Crippen molar-refractivity contribution < 1.29 is 6.63 Å². The van der Waals surface area contributed by atoms with E-state index in [0.29, 0.717) is 5.70 Å². The number of nitrogens with one attached hydrogen (secondary N) is 2. The van der Waals surface area contributed by atoms with Gasteiger partial charge in [-0.2, -0.15) is 13.5 Å². The number of allylic oxidation sites excluding steroid dienone is 1. The van der Waals surface area contributed by atoms with E-state index in [-0.39, 0.29) is 14.9 Å². The van der Waals surface area contributed by atoms with E-state index < -0.39 is 0 Å². The second-order valence-corrected chi connectivity index (χ2v) is 1.11. The maximum Gasteiger partial charge on any atom is 0.0515 e. The predicted molar refractivity (Wildman–Crippen MR) is 38.5 cm³/mol. The van der Waals surface area contributed by atoms with Gasteiger partial charge in [-0.15, -0.1) is 0 Å². The van der Waals surface area contributed by atoms with Gasteiger partial charge in [-0.25, -0.2) is 0 Å². The molecule has 0 rings (SSSR count). The second kappa shape index (κ2) is 6.61. The van der Waals surface area contributed by atoms with Crippen molar-refractivity contribution in [2.45, 2.75) is 6.92 Å². The lowest BCUT2D eigenvalue weighted by molar-refractivity contribution is 0.200. The summed E-state index contributed by atoms with van der Waals surface area (Å²) in [7, 11) is 0. The molecule has 4 nitrogen and oxygen atoms in total. The summed E-state index contributed by atoms with van der Waals surface area (Å²) in [6, 6.07) is 0. The molecule has 0 amide bonds.